The largest absolute Gasteiger partial charge is 0.482 e. The predicted octanol–water partition coefficient (Wildman–Crippen LogP) is 1.36. The number of methoxy groups -OCH3 is 1. The number of carbonyl (C=O) groups is 2. The van der Waals surface area contributed by atoms with Gasteiger partial charge in [0.1, 0.15) is 5.75 Å². The lowest BCUT2D eigenvalue weighted by Crippen LogP contribution is -2.27. The molecule has 1 atom stereocenters. The fourth-order valence-electron chi connectivity index (χ4n) is 1.59. The first kappa shape index (κ1) is 16.0. The maximum atomic E-state index is 11.5. The van der Waals surface area contributed by atoms with Crippen LogP contribution < -0.4 is 10.1 Å². The molecule has 1 aromatic rings. The third-order valence-corrected chi connectivity index (χ3v) is 2.65. The monoisotopic (exact) mass is 281 g/mol. The summed E-state index contributed by atoms with van der Waals surface area (Å²) in [5, 5.41) is 11.4. The van der Waals surface area contributed by atoms with Crippen molar-refractivity contribution in [2.75, 3.05) is 20.3 Å². The van der Waals surface area contributed by atoms with E-state index >= 15 is 0 Å². The highest BCUT2D eigenvalue weighted by molar-refractivity contribution is 5.76. The molecule has 0 fully saturated rings. The quantitative estimate of drug-likeness (QED) is 0.751. The second-order valence-corrected chi connectivity index (χ2v) is 4.28. The van der Waals surface area contributed by atoms with Gasteiger partial charge in [-0.2, -0.15) is 0 Å². The van der Waals surface area contributed by atoms with Crippen LogP contribution in [0.2, 0.25) is 0 Å². The third kappa shape index (κ3) is 5.71. The maximum absolute atomic E-state index is 11.5. The molecule has 1 amide bonds. The van der Waals surface area contributed by atoms with E-state index in [1.54, 1.807) is 31.4 Å². The van der Waals surface area contributed by atoms with E-state index in [-0.39, 0.29) is 18.6 Å². The third-order valence-electron chi connectivity index (χ3n) is 2.65. The Hall–Kier alpha value is -2.08. The summed E-state index contributed by atoms with van der Waals surface area (Å²) in [5.41, 5.74) is 0.915. The van der Waals surface area contributed by atoms with Crippen molar-refractivity contribution in [2.24, 2.45) is 0 Å². The van der Waals surface area contributed by atoms with Gasteiger partial charge >= 0.3 is 5.97 Å². The SMILES string of the molecule is COCCC(=O)NC(C)c1ccc(OCC(=O)O)cc1. The van der Waals surface area contributed by atoms with Gasteiger partial charge in [-0.25, -0.2) is 4.79 Å². The second kappa shape index (κ2) is 8.16. The number of amides is 1. The Morgan fingerprint density at radius 1 is 1.30 bits per heavy atom. The van der Waals surface area contributed by atoms with E-state index in [1.807, 2.05) is 6.92 Å². The first-order valence-corrected chi connectivity index (χ1v) is 6.25. The van der Waals surface area contributed by atoms with E-state index in [1.165, 1.54) is 0 Å². The molecule has 0 aliphatic heterocycles. The molecule has 1 aromatic carbocycles. The lowest BCUT2D eigenvalue weighted by atomic mass is 10.1. The summed E-state index contributed by atoms with van der Waals surface area (Å²) < 4.78 is 9.87. The molecule has 0 bridgehead atoms. The second-order valence-electron chi connectivity index (χ2n) is 4.28. The molecule has 6 nitrogen and oxygen atoms in total. The van der Waals surface area contributed by atoms with Crippen LogP contribution in [-0.2, 0) is 14.3 Å². The highest BCUT2D eigenvalue weighted by Crippen LogP contribution is 2.17. The molecule has 1 unspecified atom stereocenters. The fraction of sp³-hybridized carbons (Fsp3) is 0.429. The summed E-state index contributed by atoms with van der Waals surface area (Å²) in [7, 11) is 1.55. The van der Waals surface area contributed by atoms with Crippen LogP contribution in [-0.4, -0.2) is 37.3 Å². The fourth-order valence-corrected chi connectivity index (χ4v) is 1.59. The van der Waals surface area contributed by atoms with Gasteiger partial charge in [-0.15, -0.1) is 0 Å². The van der Waals surface area contributed by atoms with Crippen LogP contribution in [0.5, 0.6) is 5.75 Å². The first-order valence-electron chi connectivity index (χ1n) is 6.25. The Morgan fingerprint density at radius 2 is 1.95 bits per heavy atom. The lowest BCUT2D eigenvalue weighted by Gasteiger charge is -2.14. The number of carbonyl (C=O) groups excluding carboxylic acids is 1. The van der Waals surface area contributed by atoms with E-state index in [0.29, 0.717) is 18.8 Å². The zero-order chi connectivity index (χ0) is 15.0. The minimum absolute atomic E-state index is 0.0782. The molecule has 0 aliphatic rings. The van der Waals surface area contributed by atoms with Crippen molar-refractivity contribution < 1.29 is 24.2 Å². The van der Waals surface area contributed by atoms with Gasteiger partial charge in [0.15, 0.2) is 6.61 Å². The van der Waals surface area contributed by atoms with Crippen molar-refractivity contribution in [3.05, 3.63) is 29.8 Å². The van der Waals surface area contributed by atoms with Crippen molar-refractivity contribution in [3.8, 4) is 5.75 Å². The van der Waals surface area contributed by atoms with Crippen LogP contribution in [0.25, 0.3) is 0 Å². The molecule has 20 heavy (non-hydrogen) atoms. The van der Waals surface area contributed by atoms with Gasteiger partial charge < -0.3 is 19.9 Å². The van der Waals surface area contributed by atoms with Gasteiger partial charge in [0.2, 0.25) is 5.91 Å². The van der Waals surface area contributed by atoms with Crippen LogP contribution in [0.1, 0.15) is 24.9 Å². The number of hydrogen-bond donors (Lipinski definition) is 2. The molecule has 0 radical (unpaired) electrons. The molecule has 0 spiro atoms. The molecule has 0 aromatic heterocycles. The standard InChI is InChI=1S/C14H19NO5/c1-10(15-13(16)7-8-19-2)11-3-5-12(6-4-11)20-9-14(17)18/h3-6,10H,7-9H2,1-2H3,(H,15,16)(H,17,18). The van der Waals surface area contributed by atoms with Crippen LogP contribution >= 0.6 is 0 Å². The van der Waals surface area contributed by atoms with E-state index in [0.717, 1.165) is 5.56 Å². The Morgan fingerprint density at radius 3 is 2.50 bits per heavy atom. The molecule has 1 rings (SSSR count). The Labute approximate surface area is 117 Å². The zero-order valence-electron chi connectivity index (χ0n) is 11.6. The number of nitrogens with one attached hydrogen (secondary N) is 1. The first-order chi connectivity index (χ1) is 9.52. The molecule has 2 N–H and O–H groups in total. The van der Waals surface area contributed by atoms with E-state index in [9.17, 15) is 9.59 Å². The molecule has 0 aliphatic carbocycles. The predicted molar refractivity (Wildman–Crippen MR) is 72.6 cm³/mol. The Bertz CT molecular complexity index is 443. The number of benzene rings is 1. The smallest absolute Gasteiger partial charge is 0.341 e. The average Bonchev–Trinajstić information content (AvgIpc) is 2.43. The molecular weight excluding hydrogens is 262 g/mol. The topological polar surface area (TPSA) is 84.9 Å². The van der Waals surface area contributed by atoms with Crippen molar-refractivity contribution in [2.45, 2.75) is 19.4 Å². The van der Waals surface area contributed by atoms with Crippen LogP contribution in [0.4, 0.5) is 0 Å². The molecular formula is C14H19NO5. The number of carboxylic acids is 1. The number of hydrogen-bond acceptors (Lipinski definition) is 4. The molecule has 0 saturated carbocycles. The van der Waals surface area contributed by atoms with Crippen molar-refractivity contribution in [3.63, 3.8) is 0 Å². The highest BCUT2D eigenvalue weighted by Gasteiger charge is 2.09. The van der Waals surface area contributed by atoms with E-state index in [4.69, 9.17) is 14.6 Å². The van der Waals surface area contributed by atoms with Crippen molar-refractivity contribution in [1.29, 1.82) is 0 Å². The van der Waals surface area contributed by atoms with E-state index in [2.05, 4.69) is 5.32 Å². The number of aliphatic carboxylic acids is 1. The minimum atomic E-state index is -1.02. The molecule has 6 heteroatoms. The summed E-state index contributed by atoms with van der Waals surface area (Å²) in [6, 6.07) is 6.80. The lowest BCUT2D eigenvalue weighted by molar-refractivity contribution is -0.139. The maximum Gasteiger partial charge on any atom is 0.341 e. The van der Waals surface area contributed by atoms with Gasteiger partial charge in [-0.3, -0.25) is 4.79 Å². The van der Waals surface area contributed by atoms with Gasteiger partial charge in [-0.1, -0.05) is 12.1 Å². The summed E-state index contributed by atoms with van der Waals surface area (Å²) in [6.45, 7) is 1.89. The van der Waals surface area contributed by atoms with Crippen LogP contribution in [0, 0.1) is 0 Å². The number of carboxylic acid groups (broad SMARTS) is 1. The summed E-state index contributed by atoms with van der Waals surface area (Å²) in [6.07, 6.45) is 0.320. The molecule has 0 saturated heterocycles. The molecule has 0 heterocycles. The van der Waals surface area contributed by atoms with Crippen molar-refractivity contribution >= 4 is 11.9 Å². The highest BCUT2D eigenvalue weighted by atomic mass is 16.5. The summed E-state index contributed by atoms with van der Waals surface area (Å²) >= 11 is 0. The van der Waals surface area contributed by atoms with Gasteiger partial charge in [0.25, 0.3) is 0 Å². The summed E-state index contributed by atoms with van der Waals surface area (Å²) in [5.74, 6) is -0.618. The average molecular weight is 281 g/mol. The van der Waals surface area contributed by atoms with Gasteiger partial charge in [0, 0.05) is 13.5 Å². The van der Waals surface area contributed by atoms with Crippen molar-refractivity contribution in [1.82, 2.24) is 5.32 Å². The van der Waals surface area contributed by atoms with Crippen LogP contribution in [0.3, 0.4) is 0 Å². The zero-order valence-corrected chi connectivity index (χ0v) is 11.6. The normalized spacial score (nSPS) is 11.7. The van der Waals surface area contributed by atoms with Gasteiger partial charge in [0.05, 0.1) is 12.6 Å². The Kier molecular flexibility index (Phi) is 6.52. The minimum Gasteiger partial charge on any atom is -0.482 e. The summed E-state index contributed by atoms with van der Waals surface area (Å²) in [4.78, 5) is 21.9. The van der Waals surface area contributed by atoms with Gasteiger partial charge in [-0.05, 0) is 24.6 Å². The number of rotatable bonds is 8. The van der Waals surface area contributed by atoms with Crippen LogP contribution in [0.15, 0.2) is 24.3 Å². The molecule has 110 valence electrons. The Balaban J connectivity index is 2.50. The number of ether oxygens (including phenoxy) is 2. The van der Waals surface area contributed by atoms with E-state index < -0.39 is 5.97 Å².